The molecule has 0 radical (unpaired) electrons. The first-order valence-electron chi connectivity index (χ1n) is 9.03. The fourth-order valence-corrected chi connectivity index (χ4v) is 5.97. The number of rotatable bonds is 3. The van der Waals surface area contributed by atoms with Crippen LogP contribution in [0.15, 0.2) is 18.3 Å². The third-order valence-corrected chi connectivity index (χ3v) is 6.39. The van der Waals surface area contributed by atoms with Gasteiger partial charge in [0.2, 0.25) is 0 Å². The Balaban J connectivity index is 1.46. The molecule has 4 saturated carbocycles. The summed E-state index contributed by atoms with van der Waals surface area (Å²) in [6, 6.07) is 2.11. The fraction of sp³-hybridized carbons (Fsp3) is 0.684. The van der Waals surface area contributed by atoms with Gasteiger partial charge in [0.05, 0.1) is 5.56 Å². The minimum Gasteiger partial charge on any atom is -0.341 e. The largest absolute Gasteiger partial charge is 0.433 e. The summed E-state index contributed by atoms with van der Waals surface area (Å²) in [6.07, 6.45) is 4.19. The number of hydrogen-bond acceptors (Lipinski definition) is 2. The van der Waals surface area contributed by atoms with Crippen molar-refractivity contribution in [3.63, 3.8) is 0 Å². The first-order valence-corrected chi connectivity index (χ1v) is 9.03. The molecule has 5 rings (SSSR count). The van der Waals surface area contributed by atoms with Crippen molar-refractivity contribution in [3.05, 3.63) is 29.6 Å². The second kappa shape index (κ2) is 5.71. The van der Waals surface area contributed by atoms with Crippen LogP contribution in [0.5, 0.6) is 0 Å². The highest BCUT2D eigenvalue weighted by Gasteiger charge is 2.51. The molecule has 0 atom stereocenters. The third kappa shape index (κ3) is 3.15. The first kappa shape index (κ1) is 16.9. The molecule has 0 unspecified atom stereocenters. The molecule has 4 aliphatic rings. The Morgan fingerprint density at radius 3 is 2.16 bits per heavy atom. The number of carbonyl (C=O) groups is 1. The third-order valence-electron chi connectivity index (χ3n) is 6.39. The topological polar surface area (TPSA) is 33.2 Å². The summed E-state index contributed by atoms with van der Waals surface area (Å²) in [6.45, 7) is 0.705. The average Bonchev–Trinajstić information content (AvgIpc) is 2.51. The summed E-state index contributed by atoms with van der Waals surface area (Å²) in [4.78, 5) is 17.7. The zero-order valence-corrected chi connectivity index (χ0v) is 14.4. The highest BCUT2D eigenvalue weighted by Crippen LogP contribution is 2.60. The van der Waals surface area contributed by atoms with E-state index in [1.165, 1.54) is 44.6 Å². The molecule has 1 aromatic rings. The van der Waals surface area contributed by atoms with Gasteiger partial charge in [-0.3, -0.25) is 9.78 Å². The molecule has 4 bridgehead atoms. The van der Waals surface area contributed by atoms with E-state index in [2.05, 4.69) is 4.98 Å². The van der Waals surface area contributed by atoms with Crippen molar-refractivity contribution in [1.29, 1.82) is 0 Å². The number of amides is 1. The van der Waals surface area contributed by atoms with E-state index in [0.717, 1.165) is 30.0 Å². The van der Waals surface area contributed by atoms with Crippen molar-refractivity contribution in [3.8, 4) is 0 Å². The maximum absolute atomic E-state index is 12.6. The lowest BCUT2D eigenvalue weighted by Gasteiger charge is -2.57. The Hall–Kier alpha value is -1.59. The van der Waals surface area contributed by atoms with Gasteiger partial charge < -0.3 is 4.90 Å². The van der Waals surface area contributed by atoms with Crippen LogP contribution >= 0.6 is 0 Å². The Morgan fingerprint density at radius 2 is 1.72 bits per heavy atom. The van der Waals surface area contributed by atoms with E-state index in [9.17, 15) is 18.0 Å². The maximum Gasteiger partial charge on any atom is 0.433 e. The predicted octanol–water partition coefficient (Wildman–Crippen LogP) is 4.39. The lowest BCUT2D eigenvalue weighted by molar-refractivity contribution is -0.141. The highest BCUT2D eigenvalue weighted by molar-refractivity contribution is 5.93. The molecule has 1 amide bonds. The minimum atomic E-state index is -4.48. The summed E-state index contributed by atoms with van der Waals surface area (Å²) in [5.41, 5.74) is -0.522. The molecular formula is C19H23F3N2O. The van der Waals surface area contributed by atoms with Gasteiger partial charge in [0, 0.05) is 19.8 Å². The van der Waals surface area contributed by atoms with Crippen molar-refractivity contribution in [2.45, 2.75) is 44.7 Å². The predicted molar refractivity (Wildman–Crippen MR) is 86.8 cm³/mol. The molecule has 0 aromatic carbocycles. The van der Waals surface area contributed by atoms with E-state index in [1.54, 1.807) is 11.9 Å². The molecule has 4 aliphatic carbocycles. The Labute approximate surface area is 145 Å². The van der Waals surface area contributed by atoms with Gasteiger partial charge in [-0.15, -0.1) is 0 Å². The Morgan fingerprint density at radius 1 is 1.16 bits per heavy atom. The molecule has 0 spiro atoms. The Bertz CT molecular complexity index is 633. The van der Waals surface area contributed by atoms with Gasteiger partial charge in [-0.05, 0) is 73.8 Å². The molecule has 1 aromatic heterocycles. The standard InChI is InChI=1S/C19H23F3N2O/c1-24(17(25)15-2-3-16(23-10-15)19(20,21)22)11-18-7-12-4-13(8-18)6-14(5-12)9-18/h2-3,10,12-14H,4-9,11H2,1H3. The smallest absolute Gasteiger partial charge is 0.341 e. The lowest BCUT2D eigenvalue weighted by atomic mass is 9.49. The zero-order valence-electron chi connectivity index (χ0n) is 14.4. The molecule has 0 N–H and O–H groups in total. The lowest BCUT2D eigenvalue weighted by Crippen LogP contribution is -2.51. The van der Waals surface area contributed by atoms with E-state index in [4.69, 9.17) is 0 Å². The molecule has 4 fully saturated rings. The first-order chi connectivity index (χ1) is 11.7. The monoisotopic (exact) mass is 352 g/mol. The van der Waals surface area contributed by atoms with Crippen LogP contribution in [-0.2, 0) is 6.18 Å². The van der Waals surface area contributed by atoms with Crippen molar-refractivity contribution < 1.29 is 18.0 Å². The Kier molecular flexibility index (Phi) is 3.85. The number of alkyl halides is 3. The van der Waals surface area contributed by atoms with E-state index < -0.39 is 11.9 Å². The van der Waals surface area contributed by atoms with E-state index in [-0.39, 0.29) is 16.9 Å². The molecule has 0 aliphatic heterocycles. The highest BCUT2D eigenvalue weighted by atomic mass is 19.4. The average molecular weight is 352 g/mol. The van der Waals surface area contributed by atoms with Crippen LogP contribution in [0.25, 0.3) is 0 Å². The van der Waals surface area contributed by atoms with Crippen molar-refractivity contribution >= 4 is 5.91 Å². The number of aromatic nitrogens is 1. The summed E-state index contributed by atoms with van der Waals surface area (Å²) in [5, 5.41) is 0. The molecule has 1 heterocycles. The number of pyridine rings is 1. The molecular weight excluding hydrogens is 329 g/mol. The van der Waals surface area contributed by atoms with Crippen LogP contribution in [0.2, 0.25) is 0 Å². The number of hydrogen-bond donors (Lipinski definition) is 0. The van der Waals surface area contributed by atoms with Gasteiger partial charge in [0.1, 0.15) is 5.69 Å². The van der Waals surface area contributed by atoms with Crippen LogP contribution < -0.4 is 0 Å². The van der Waals surface area contributed by atoms with Crippen LogP contribution in [0, 0.1) is 23.2 Å². The number of carbonyl (C=O) groups excluding carboxylic acids is 1. The van der Waals surface area contributed by atoms with Crippen LogP contribution in [0.4, 0.5) is 13.2 Å². The number of nitrogens with zero attached hydrogens (tertiary/aromatic N) is 2. The maximum atomic E-state index is 12.6. The van der Waals surface area contributed by atoms with Crippen LogP contribution in [0.3, 0.4) is 0 Å². The summed E-state index contributed by atoms with van der Waals surface area (Å²) < 4.78 is 37.8. The van der Waals surface area contributed by atoms with Gasteiger partial charge in [-0.1, -0.05) is 0 Å². The fourth-order valence-electron chi connectivity index (χ4n) is 5.97. The SMILES string of the molecule is CN(CC12CC3CC(CC(C3)C1)C2)C(=O)c1ccc(C(F)(F)F)nc1. The summed E-state index contributed by atoms with van der Waals surface area (Å²) in [7, 11) is 1.76. The van der Waals surface area contributed by atoms with E-state index >= 15 is 0 Å². The summed E-state index contributed by atoms with van der Waals surface area (Å²) in [5.74, 6) is 2.18. The zero-order chi connectivity index (χ0) is 17.8. The van der Waals surface area contributed by atoms with Gasteiger partial charge in [-0.25, -0.2) is 0 Å². The van der Waals surface area contributed by atoms with E-state index in [1.807, 2.05) is 0 Å². The second-order valence-electron chi connectivity index (χ2n) is 8.51. The molecule has 6 heteroatoms. The molecule has 3 nitrogen and oxygen atoms in total. The quantitative estimate of drug-likeness (QED) is 0.808. The second-order valence-corrected chi connectivity index (χ2v) is 8.51. The normalized spacial score (nSPS) is 33.5. The van der Waals surface area contributed by atoms with Gasteiger partial charge in [0.25, 0.3) is 5.91 Å². The molecule has 25 heavy (non-hydrogen) atoms. The van der Waals surface area contributed by atoms with Crippen LogP contribution in [0.1, 0.15) is 54.6 Å². The minimum absolute atomic E-state index is 0.221. The van der Waals surface area contributed by atoms with Gasteiger partial charge in [0.15, 0.2) is 0 Å². The summed E-state index contributed by atoms with van der Waals surface area (Å²) >= 11 is 0. The molecule has 136 valence electrons. The van der Waals surface area contributed by atoms with E-state index in [0.29, 0.717) is 6.54 Å². The van der Waals surface area contributed by atoms with Crippen LogP contribution in [-0.4, -0.2) is 29.4 Å². The van der Waals surface area contributed by atoms with Crippen molar-refractivity contribution in [2.75, 3.05) is 13.6 Å². The van der Waals surface area contributed by atoms with Crippen molar-refractivity contribution in [1.82, 2.24) is 9.88 Å². The van der Waals surface area contributed by atoms with Gasteiger partial charge in [-0.2, -0.15) is 13.2 Å². The van der Waals surface area contributed by atoms with Crippen molar-refractivity contribution in [2.24, 2.45) is 23.2 Å². The number of halogens is 3. The molecule has 0 saturated heterocycles. The van der Waals surface area contributed by atoms with Gasteiger partial charge >= 0.3 is 6.18 Å².